The normalized spacial score (nSPS) is 12.5. The number of nitrogens with zero attached hydrogens (tertiary/aromatic N) is 1. The van der Waals surface area contributed by atoms with Crippen LogP contribution in [0.2, 0.25) is 10.0 Å². The van der Waals surface area contributed by atoms with Gasteiger partial charge in [-0.1, -0.05) is 49.2 Å². The molecule has 0 aliphatic heterocycles. The minimum atomic E-state index is -3.82. The molecule has 0 saturated heterocycles. The summed E-state index contributed by atoms with van der Waals surface area (Å²) < 4.78 is 24.7. The highest BCUT2D eigenvalue weighted by molar-refractivity contribution is 7.89. The predicted octanol–water partition coefficient (Wildman–Crippen LogP) is 4.52. The van der Waals surface area contributed by atoms with Gasteiger partial charge in [0.1, 0.15) is 5.75 Å². The van der Waals surface area contributed by atoms with Gasteiger partial charge in [0.2, 0.25) is 0 Å². The van der Waals surface area contributed by atoms with Crippen molar-refractivity contribution in [1.82, 2.24) is 4.83 Å². The number of benzene rings is 2. The van der Waals surface area contributed by atoms with Crippen molar-refractivity contribution in [2.24, 2.45) is 5.10 Å². The van der Waals surface area contributed by atoms with E-state index in [1.165, 1.54) is 31.2 Å². The van der Waals surface area contributed by atoms with Gasteiger partial charge in [-0.15, -0.1) is 0 Å². The summed E-state index contributed by atoms with van der Waals surface area (Å²) in [5.74, 6) is 0.0910. The summed E-state index contributed by atoms with van der Waals surface area (Å²) in [7, 11) is -3.82. The zero-order valence-corrected chi connectivity index (χ0v) is 16.2. The number of sulfonamides is 1. The predicted molar refractivity (Wildman–Crippen MR) is 101 cm³/mol. The molecule has 2 N–H and O–H groups in total. The Morgan fingerprint density at radius 2 is 1.76 bits per heavy atom. The molecule has 134 valence electrons. The first-order chi connectivity index (χ1) is 11.6. The van der Waals surface area contributed by atoms with Crippen molar-refractivity contribution in [1.29, 1.82) is 0 Å². The minimum absolute atomic E-state index is 0.0594. The average molecular weight is 401 g/mol. The van der Waals surface area contributed by atoms with Gasteiger partial charge in [-0.05, 0) is 42.7 Å². The smallest absolute Gasteiger partial charge is 0.276 e. The van der Waals surface area contributed by atoms with E-state index < -0.39 is 10.0 Å². The van der Waals surface area contributed by atoms with E-state index in [-0.39, 0.29) is 26.9 Å². The summed E-state index contributed by atoms with van der Waals surface area (Å²) in [6.07, 6.45) is 0. The lowest BCUT2D eigenvalue weighted by Gasteiger charge is -2.09. The van der Waals surface area contributed by atoms with Gasteiger partial charge in [0.25, 0.3) is 10.0 Å². The molecule has 0 aliphatic carbocycles. The molecule has 25 heavy (non-hydrogen) atoms. The van der Waals surface area contributed by atoms with E-state index in [2.05, 4.69) is 9.93 Å². The summed E-state index contributed by atoms with van der Waals surface area (Å²) >= 11 is 11.8. The molecular weight excluding hydrogens is 383 g/mol. The van der Waals surface area contributed by atoms with Crippen molar-refractivity contribution in [2.45, 2.75) is 31.6 Å². The molecule has 5 nitrogen and oxygen atoms in total. The lowest BCUT2D eigenvalue weighted by Crippen LogP contribution is -2.20. The molecule has 0 heterocycles. The van der Waals surface area contributed by atoms with Crippen LogP contribution in [0.3, 0.4) is 0 Å². The lowest BCUT2D eigenvalue weighted by molar-refractivity contribution is 0.474. The van der Waals surface area contributed by atoms with Crippen LogP contribution in [0.4, 0.5) is 0 Å². The molecule has 0 amide bonds. The summed E-state index contributed by atoms with van der Waals surface area (Å²) in [5.41, 5.74) is 1.51. The van der Waals surface area contributed by atoms with Crippen LogP contribution in [-0.2, 0) is 10.0 Å². The summed E-state index contributed by atoms with van der Waals surface area (Å²) in [5, 5.41) is 14.2. The Hall–Kier alpha value is -1.76. The number of halogens is 2. The standard InChI is InChI=1S/C17H18Cl2N2O3S/c1-10(2)12-4-6-14(7-5-12)25(23,24)21-20-11(3)15-8-13(18)9-16(19)17(15)22/h4-10,21-22H,1-3H3. The number of phenols is 1. The van der Waals surface area contributed by atoms with Crippen LogP contribution in [-0.4, -0.2) is 19.2 Å². The fraction of sp³-hybridized carbons (Fsp3) is 0.235. The molecule has 2 aromatic carbocycles. The van der Waals surface area contributed by atoms with E-state index in [0.717, 1.165) is 5.56 Å². The molecule has 8 heteroatoms. The third kappa shape index (κ3) is 4.66. The molecule has 2 aromatic rings. The number of hydrogen-bond acceptors (Lipinski definition) is 4. The largest absolute Gasteiger partial charge is 0.506 e. The highest BCUT2D eigenvalue weighted by Crippen LogP contribution is 2.31. The highest BCUT2D eigenvalue weighted by Gasteiger charge is 2.15. The zero-order chi connectivity index (χ0) is 18.8. The Balaban J connectivity index is 2.27. The van der Waals surface area contributed by atoms with Crippen molar-refractivity contribution in [3.05, 3.63) is 57.6 Å². The molecule has 0 bridgehead atoms. The van der Waals surface area contributed by atoms with Gasteiger partial charge in [-0.3, -0.25) is 0 Å². The van der Waals surface area contributed by atoms with Crippen molar-refractivity contribution >= 4 is 38.9 Å². The van der Waals surface area contributed by atoms with E-state index in [1.807, 2.05) is 13.8 Å². The van der Waals surface area contributed by atoms with Crippen LogP contribution in [0.5, 0.6) is 5.75 Å². The molecule has 0 unspecified atom stereocenters. The first-order valence-electron chi connectivity index (χ1n) is 7.46. The maximum atomic E-state index is 12.3. The van der Waals surface area contributed by atoms with Crippen LogP contribution in [0, 0.1) is 0 Å². The van der Waals surface area contributed by atoms with E-state index >= 15 is 0 Å². The first-order valence-corrected chi connectivity index (χ1v) is 9.70. The second-order valence-corrected chi connectivity index (χ2v) is 8.30. The van der Waals surface area contributed by atoms with Gasteiger partial charge in [-0.2, -0.15) is 18.4 Å². The van der Waals surface area contributed by atoms with Crippen LogP contribution >= 0.6 is 23.2 Å². The molecule has 0 radical (unpaired) electrons. The van der Waals surface area contributed by atoms with Crippen LogP contribution in [0.1, 0.15) is 37.8 Å². The fourth-order valence-corrected chi connectivity index (χ4v) is 3.47. The van der Waals surface area contributed by atoms with E-state index in [1.54, 1.807) is 12.1 Å². The van der Waals surface area contributed by atoms with Gasteiger partial charge >= 0.3 is 0 Å². The summed E-state index contributed by atoms with van der Waals surface area (Å²) in [6, 6.07) is 9.41. The minimum Gasteiger partial charge on any atom is -0.506 e. The van der Waals surface area contributed by atoms with E-state index in [4.69, 9.17) is 23.2 Å². The zero-order valence-electron chi connectivity index (χ0n) is 13.9. The highest BCUT2D eigenvalue weighted by atomic mass is 35.5. The third-order valence-electron chi connectivity index (χ3n) is 3.61. The van der Waals surface area contributed by atoms with Crippen LogP contribution in [0.25, 0.3) is 0 Å². The molecule has 0 atom stereocenters. The van der Waals surface area contributed by atoms with Crippen LogP contribution < -0.4 is 4.83 Å². The van der Waals surface area contributed by atoms with Crippen molar-refractivity contribution in [3.8, 4) is 5.75 Å². The van der Waals surface area contributed by atoms with Gasteiger partial charge < -0.3 is 5.11 Å². The average Bonchev–Trinajstić information content (AvgIpc) is 2.56. The molecule has 0 aliphatic rings. The SMILES string of the molecule is CC(=NNS(=O)(=O)c1ccc(C(C)C)cc1)c1cc(Cl)cc(Cl)c1O. The number of hydrazone groups is 1. The van der Waals surface area contributed by atoms with E-state index in [0.29, 0.717) is 10.9 Å². The van der Waals surface area contributed by atoms with Gasteiger partial charge in [-0.25, -0.2) is 0 Å². The Kier molecular flexibility index (Phi) is 5.98. The monoisotopic (exact) mass is 400 g/mol. The number of hydrogen-bond donors (Lipinski definition) is 2. The van der Waals surface area contributed by atoms with Crippen molar-refractivity contribution in [3.63, 3.8) is 0 Å². The lowest BCUT2D eigenvalue weighted by atomic mass is 10.0. The summed E-state index contributed by atoms with van der Waals surface area (Å²) in [4.78, 5) is 2.25. The molecule has 0 saturated carbocycles. The molecule has 0 fully saturated rings. The van der Waals surface area contributed by atoms with Gasteiger partial charge in [0.15, 0.2) is 0 Å². The Bertz CT molecular complexity index is 908. The number of nitrogens with one attached hydrogen (secondary N) is 1. The van der Waals surface area contributed by atoms with Gasteiger partial charge in [0, 0.05) is 10.6 Å². The maximum Gasteiger partial charge on any atom is 0.276 e. The first kappa shape index (κ1) is 19.6. The topological polar surface area (TPSA) is 78.8 Å². The maximum absolute atomic E-state index is 12.3. The second-order valence-electron chi connectivity index (χ2n) is 5.80. The van der Waals surface area contributed by atoms with Crippen molar-refractivity contribution < 1.29 is 13.5 Å². The Morgan fingerprint density at radius 1 is 1.16 bits per heavy atom. The molecular formula is C17H18Cl2N2O3S. The summed E-state index contributed by atoms with van der Waals surface area (Å²) in [6.45, 7) is 5.59. The van der Waals surface area contributed by atoms with Crippen molar-refractivity contribution in [2.75, 3.05) is 0 Å². The van der Waals surface area contributed by atoms with E-state index in [9.17, 15) is 13.5 Å². The molecule has 0 aromatic heterocycles. The Labute approximate surface area is 157 Å². The second kappa shape index (κ2) is 7.64. The van der Waals surface area contributed by atoms with Crippen LogP contribution in [0.15, 0.2) is 46.4 Å². The third-order valence-corrected chi connectivity index (χ3v) is 5.34. The fourth-order valence-electron chi connectivity index (χ4n) is 2.12. The number of aromatic hydroxyl groups is 1. The number of rotatable bonds is 5. The Morgan fingerprint density at radius 3 is 2.32 bits per heavy atom. The quantitative estimate of drug-likeness (QED) is 0.571. The molecule has 0 spiro atoms. The van der Waals surface area contributed by atoms with Gasteiger partial charge in [0.05, 0.1) is 15.6 Å². The number of phenolic OH excluding ortho intramolecular Hbond substituents is 1. The molecule has 2 rings (SSSR count).